The van der Waals surface area contributed by atoms with Crippen molar-refractivity contribution in [3.8, 4) is 0 Å². The topological polar surface area (TPSA) is 20.2 Å². The van der Waals surface area contributed by atoms with Gasteiger partial charge < -0.3 is 5.11 Å². The summed E-state index contributed by atoms with van der Waals surface area (Å²) in [5.41, 5.74) is 1.01. The molecule has 1 nitrogen and oxygen atoms in total. The van der Waals surface area contributed by atoms with E-state index in [1.54, 1.807) is 24.3 Å². The third-order valence-electron chi connectivity index (χ3n) is 2.29. The van der Waals surface area contributed by atoms with E-state index in [0.717, 1.165) is 6.08 Å². The number of aliphatic hydroxyl groups is 1. The van der Waals surface area contributed by atoms with Crippen molar-refractivity contribution in [1.82, 2.24) is 0 Å². The summed E-state index contributed by atoms with van der Waals surface area (Å²) in [4.78, 5) is 0. The molecule has 0 aliphatic heterocycles. The highest BCUT2D eigenvalue weighted by Gasteiger charge is 2.29. The number of hydrogen-bond donors (Lipinski definition) is 1. The van der Waals surface area contributed by atoms with Crippen LogP contribution in [0.4, 0.5) is 8.78 Å². The highest BCUT2D eigenvalue weighted by atomic mass is 19.2. The Morgan fingerprint density at radius 3 is 2.47 bits per heavy atom. The van der Waals surface area contributed by atoms with Crippen LogP contribution in [-0.2, 0) is 0 Å². The van der Waals surface area contributed by atoms with E-state index < -0.39 is 18.1 Å². The average Bonchev–Trinajstić information content (AvgIpc) is 2.17. The Labute approximate surface area is 86.4 Å². The fourth-order valence-corrected chi connectivity index (χ4v) is 1.54. The Hall–Kier alpha value is -1.48. The lowest BCUT2D eigenvalue weighted by molar-refractivity contribution is -0.0445. The van der Waals surface area contributed by atoms with Crippen LogP contribution < -0.4 is 0 Å². The van der Waals surface area contributed by atoms with Crippen LogP contribution >= 0.6 is 0 Å². The second-order valence-electron chi connectivity index (χ2n) is 3.51. The molecular weight excluding hydrogens is 198 g/mol. The zero-order valence-electron chi connectivity index (χ0n) is 7.95. The zero-order chi connectivity index (χ0) is 10.9. The first-order valence-electron chi connectivity index (χ1n) is 4.63. The predicted octanol–water partition coefficient (Wildman–Crippen LogP) is 2.99. The lowest BCUT2D eigenvalue weighted by Crippen LogP contribution is -2.21. The number of allylic oxidation sites excluding steroid dienone is 2. The van der Waals surface area contributed by atoms with Crippen molar-refractivity contribution >= 4 is 5.57 Å². The number of hydrogen-bond acceptors (Lipinski definition) is 1. The quantitative estimate of drug-likeness (QED) is 0.752. The Bertz CT molecular complexity index is 419. The lowest BCUT2D eigenvalue weighted by atomic mass is 9.96. The van der Waals surface area contributed by atoms with Gasteiger partial charge in [-0.05, 0) is 11.6 Å². The Morgan fingerprint density at radius 2 is 1.87 bits per heavy atom. The normalized spacial score (nSPS) is 25.8. The molecule has 0 fully saturated rings. The van der Waals surface area contributed by atoms with E-state index in [1.165, 1.54) is 6.08 Å². The molecule has 0 aromatic heterocycles. The lowest BCUT2D eigenvalue weighted by Gasteiger charge is -2.19. The van der Waals surface area contributed by atoms with Gasteiger partial charge in [0, 0.05) is 5.57 Å². The summed E-state index contributed by atoms with van der Waals surface area (Å²) in [5.74, 6) is -3.18. The molecule has 0 saturated carbocycles. The monoisotopic (exact) mass is 208 g/mol. The fraction of sp³-hybridized carbons (Fsp3) is 0.167. The molecule has 0 saturated heterocycles. The molecule has 78 valence electrons. The van der Waals surface area contributed by atoms with E-state index >= 15 is 0 Å². The largest absolute Gasteiger partial charge is 0.358 e. The van der Waals surface area contributed by atoms with Crippen molar-refractivity contribution < 1.29 is 13.9 Å². The fourth-order valence-electron chi connectivity index (χ4n) is 1.54. The van der Waals surface area contributed by atoms with Crippen LogP contribution in [0.25, 0.3) is 5.57 Å². The first-order valence-corrected chi connectivity index (χ1v) is 4.63. The van der Waals surface area contributed by atoms with Crippen molar-refractivity contribution in [3.05, 3.63) is 53.9 Å². The summed E-state index contributed by atoms with van der Waals surface area (Å²) in [6.07, 6.45) is 1.63. The van der Waals surface area contributed by atoms with Gasteiger partial charge in [-0.15, -0.1) is 0 Å². The van der Waals surface area contributed by atoms with Crippen LogP contribution in [0.15, 0.2) is 48.3 Å². The molecule has 1 aliphatic carbocycles. The minimum atomic E-state index is -2.55. The van der Waals surface area contributed by atoms with Gasteiger partial charge in [-0.25, -0.2) is 8.78 Å². The molecule has 1 N–H and O–H groups in total. The number of benzene rings is 1. The minimum absolute atomic E-state index is 0.331. The van der Waals surface area contributed by atoms with Gasteiger partial charge in [0.15, 0.2) is 0 Å². The smallest absolute Gasteiger partial charge is 0.232 e. The summed E-state index contributed by atoms with van der Waals surface area (Å²) in [6, 6.07) is 8.85. The number of rotatable bonds is 1. The average molecular weight is 208 g/mol. The highest BCUT2D eigenvalue weighted by Crippen LogP contribution is 2.33. The van der Waals surface area contributed by atoms with Crippen LogP contribution in [0.5, 0.6) is 0 Å². The van der Waals surface area contributed by atoms with Gasteiger partial charge in [-0.1, -0.05) is 36.4 Å². The zero-order valence-corrected chi connectivity index (χ0v) is 7.95. The van der Waals surface area contributed by atoms with Crippen LogP contribution in [0.3, 0.4) is 0 Å². The molecule has 2 rings (SSSR count). The maximum Gasteiger partial charge on any atom is 0.232 e. The molecule has 0 spiro atoms. The molecule has 0 radical (unpaired) electrons. The van der Waals surface area contributed by atoms with E-state index in [2.05, 4.69) is 0 Å². The first kappa shape index (κ1) is 10.1. The summed E-state index contributed by atoms with van der Waals surface area (Å²) in [5, 5.41) is 8.98. The van der Waals surface area contributed by atoms with Crippen LogP contribution in [0.2, 0.25) is 0 Å². The van der Waals surface area contributed by atoms with Crippen molar-refractivity contribution in [2.75, 3.05) is 0 Å². The number of halogens is 2. The third kappa shape index (κ3) is 2.13. The molecule has 3 heteroatoms. The second kappa shape index (κ2) is 3.59. The standard InChI is InChI=1S/C12H10F2O/c13-11-8-12(14,15)7-6-10(11)9-4-2-1-3-5-9/h1-7,15H,8H2. The minimum Gasteiger partial charge on any atom is -0.358 e. The van der Waals surface area contributed by atoms with E-state index in [1.807, 2.05) is 6.07 Å². The predicted molar refractivity (Wildman–Crippen MR) is 54.3 cm³/mol. The van der Waals surface area contributed by atoms with Gasteiger partial charge in [-0.2, -0.15) is 0 Å². The summed E-state index contributed by atoms with van der Waals surface area (Å²) < 4.78 is 26.5. The van der Waals surface area contributed by atoms with E-state index in [4.69, 9.17) is 5.11 Å². The molecule has 0 bridgehead atoms. The molecule has 1 aliphatic rings. The molecule has 1 unspecified atom stereocenters. The molecule has 1 aromatic rings. The number of alkyl halides is 1. The van der Waals surface area contributed by atoms with Gasteiger partial charge in [0.25, 0.3) is 0 Å². The Kier molecular flexibility index (Phi) is 2.40. The molecule has 0 amide bonds. The van der Waals surface area contributed by atoms with Gasteiger partial charge >= 0.3 is 0 Å². The first-order chi connectivity index (χ1) is 7.08. The van der Waals surface area contributed by atoms with Crippen LogP contribution in [0.1, 0.15) is 12.0 Å². The van der Waals surface area contributed by atoms with Crippen LogP contribution in [-0.4, -0.2) is 11.0 Å². The van der Waals surface area contributed by atoms with Crippen molar-refractivity contribution in [3.63, 3.8) is 0 Å². The SMILES string of the molecule is OC1(F)C=CC(c2ccccc2)=C(F)C1. The van der Waals surface area contributed by atoms with E-state index in [-0.39, 0.29) is 0 Å². The van der Waals surface area contributed by atoms with Gasteiger partial charge in [0.05, 0.1) is 6.42 Å². The summed E-state index contributed by atoms with van der Waals surface area (Å²) >= 11 is 0. The summed E-state index contributed by atoms with van der Waals surface area (Å²) in [6.45, 7) is 0. The Morgan fingerprint density at radius 1 is 1.20 bits per heavy atom. The Balaban J connectivity index is 2.37. The van der Waals surface area contributed by atoms with E-state index in [0.29, 0.717) is 11.1 Å². The maximum atomic E-state index is 13.5. The molecule has 1 atom stereocenters. The third-order valence-corrected chi connectivity index (χ3v) is 2.29. The second-order valence-corrected chi connectivity index (χ2v) is 3.51. The van der Waals surface area contributed by atoms with Crippen molar-refractivity contribution in [1.29, 1.82) is 0 Å². The van der Waals surface area contributed by atoms with Crippen molar-refractivity contribution in [2.45, 2.75) is 12.3 Å². The van der Waals surface area contributed by atoms with E-state index in [9.17, 15) is 8.78 Å². The molecular formula is C12H10F2O. The molecule has 15 heavy (non-hydrogen) atoms. The molecule has 1 aromatic carbocycles. The van der Waals surface area contributed by atoms with Gasteiger partial charge in [-0.3, -0.25) is 0 Å². The van der Waals surface area contributed by atoms with Gasteiger partial charge in [0.2, 0.25) is 5.85 Å². The van der Waals surface area contributed by atoms with Crippen LogP contribution in [0, 0.1) is 0 Å². The molecule has 0 heterocycles. The highest BCUT2D eigenvalue weighted by molar-refractivity contribution is 5.76. The van der Waals surface area contributed by atoms with Gasteiger partial charge in [0.1, 0.15) is 5.83 Å². The maximum absolute atomic E-state index is 13.5. The summed E-state index contributed by atoms with van der Waals surface area (Å²) in [7, 11) is 0. The van der Waals surface area contributed by atoms with Crippen molar-refractivity contribution in [2.24, 2.45) is 0 Å².